The maximum Gasteiger partial charge on any atom is 0.254 e. The number of ether oxygens (including phenoxy) is 1. The molecule has 0 saturated carbocycles. The number of aryl methyl sites for hydroxylation is 1. The second kappa shape index (κ2) is 12.3. The Balaban J connectivity index is 0.00000336. The number of hydrogen-bond donors (Lipinski definition) is 0. The van der Waals surface area contributed by atoms with Gasteiger partial charge in [-0.3, -0.25) is 14.5 Å². The fourth-order valence-corrected chi connectivity index (χ4v) is 5.20. The number of carbonyl (C=O) groups excluding carboxylic acids is 2. The third-order valence-corrected chi connectivity index (χ3v) is 7.54. The number of rotatable bonds is 5. The Morgan fingerprint density at radius 2 is 1.66 bits per heavy atom. The highest BCUT2D eigenvalue weighted by molar-refractivity contribution is 14.0. The van der Waals surface area contributed by atoms with E-state index in [4.69, 9.17) is 4.74 Å². The molecule has 5 nitrogen and oxygen atoms in total. The van der Waals surface area contributed by atoms with Crippen LogP contribution in [0.1, 0.15) is 47.2 Å². The van der Waals surface area contributed by atoms with E-state index >= 15 is 0 Å². The molecule has 5 rings (SSSR count). The number of Topliss-reactive ketones (excluding diaryl/α,β-unsaturated/α-hetero) is 1. The van der Waals surface area contributed by atoms with Crippen LogP contribution in [0.3, 0.4) is 0 Å². The predicted molar refractivity (Wildman–Crippen MR) is 165 cm³/mol. The Morgan fingerprint density at radius 1 is 0.947 bits per heavy atom. The summed E-state index contributed by atoms with van der Waals surface area (Å²) in [4.78, 5) is 30.3. The fraction of sp³-hybridized carbons (Fsp3) is 0.312. The molecule has 3 aromatic carbocycles. The summed E-state index contributed by atoms with van der Waals surface area (Å²) in [6.07, 6.45) is 5.62. The number of nitrogens with zero attached hydrogens (tertiary/aromatic N) is 2. The summed E-state index contributed by atoms with van der Waals surface area (Å²) in [5.41, 5.74) is 6.50. The molecule has 0 spiro atoms. The van der Waals surface area contributed by atoms with Gasteiger partial charge in [0.05, 0.1) is 12.6 Å². The Morgan fingerprint density at radius 3 is 2.37 bits per heavy atom. The summed E-state index contributed by atoms with van der Waals surface area (Å²) in [5, 5.41) is 0. The highest BCUT2D eigenvalue weighted by Crippen LogP contribution is 2.32. The molecule has 2 aliphatic rings. The number of likely N-dealkylation sites (N-methyl/N-ethyl adjacent to an activating group) is 2. The monoisotopic (exact) mass is 622 g/mol. The summed E-state index contributed by atoms with van der Waals surface area (Å²) < 4.78 is 5.97. The molecule has 0 bridgehead atoms. The topological polar surface area (TPSA) is 49.9 Å². The number of fused-ring (bicyclic) bond motifs is 1. The van der Waals surface area contributed by atoms with Crippen molar-refractivity contribution < 1.29 is 14.3 Å². The van der Waals surface area contributed by atoms with Crippen LogP contribution >= 0.6 is 24.0 Å². The lowest BCUT2D eigenvalue weighted by Crippen LogP contribution is -2.41. The molecule has 0 radical (unpaired) electrons. The van der Waals surface area contributed by atoms with Crippen LogP contribution in [0.2, 0.25) is 0 Å². The molecule has 0 aromatic heterocycles. The number of benzene rings is 3. The molecule has 2 heterocycles. The molecule has 1 fully saturated rings. The van der Waals surface area contributed by atoms with Gasteiger partial charge in [0.1, 0.15) is 5.75 Å². The fourth-order valence-electron chi connectivity index (χ4n) is 5.20. The first-order valence-corrected chi connectivity index (χ1v) is 13.1. The van der Waals surface area contributed by atoms with Crippen molar-refractivity contribution >= 4 is 47.4 Å². The minimum absolute atomic E-state index is 0. The van der Waals surface area contributed by atoms with E-state index in [1.165, 1.54) is 5.56 Å². The quantitative estimate of drug-likeness (QED) is 0.233. The number of hydrogen-bond acceptors (Lipinski definition) is 4. The minimum atomic E-state index is -0.0664. The maximum absolute atomic E-state index is 13.5. The van der Waals surface area contributed by atoms with Gasteiger partial charge < -0.3 is 9.64 Å². The average molecular weight is 623 g/mol. The van der Waals surface area contributed by atoms with Crippen molar-refractivity contribution in [3.8, 4) is 16.9 Å². The summed E-state index contributed by atoms with van der Waals surface area (Å²) >= 11 is 0. The molecule has 1 unspecified atom stereocenters. The molecule has 0 aliphatic carbocycles. The van der Waals surface area contributed by atoms with Crippen LogP contribution in [0, 0.1) is 6.92 Å². The maximum atomic E-state index is 13.5. The van der Waals surface area contributed by atoms with E-state index < -0.39 is 0 Å². The summed E-state index contributed by atoms with van der Waals surface area (Å²) in [7, 11) is 3.80. The standard InChI is InChI=1S/C32H34N2O3.HI/c1-22-7-9-23(10-8-22)25-13-16-30-27(20-25)21-26(17-19-37-30)32(36)34(3)28-14-11-24(12-15-28)31(35)29-6-4-5-18-33(29)2;/h7-16,20-21,29H,4-6,17-19H2,1-3H3;1H. The molecule has 3 aromatic rings. The van der Waals surface area contributed by atoms with Gasteiger partial charge in [0.15, 0.2) is 5.78 Å². The Bertz CT molecular complexity index is 1330. The summed E-state index contributed by atoms with van der Waals surface area (Å²) in [5.74, 6) is 0.882. The van der Waals surface area contributed by atoms with Crippen LogP contribution in [-0.2, 0) is 4.79 Å². The molecular formula is C32H35IN2O3. The van der Waals surface area contributed by atoms with Crippen LogP contribution < -0.4 is 9.64 Å². The lowest BCUT2D eigenvalue weighted by molar-refractivity contribution is -0.115. The smallest absolute Gasteiger partial charge is 0.254 e. The van der Waals surface area contributed by atoms with E-state index in [1.54, 1.807) is 11.9 Å². The Labute approximate surface area is 242 Å². The lowest BCUT2D eigenvalue weighted by atomic mass is 9.95. The van der Waals surface area contributed by atoms with E-state index in [0.717, 1.165) is 53.9 Å². The number of piperidine rings is 1. The second-order valence-electron chi connectivity index (χ2n) is 10.2. The van der Waals surface area contributed by atoms with Crippen molar-refractivity contribution in [3.63, 3.8) is 0 Å². The van der Waals surface area contributed by atoms with Crippen LogP contribution in [0.15, 0.2) is 72.3 Å². The third kappa shape index (κ3) is 6.02. The van der Waals surface area contributed by atoms with Gasteiger partial charge in [-0.25, -0.2) is 0 Å². The largest absolute Gasteiger partial charge is 0.493 e. The Kier molecular flexibility index (Phi) is 9.05. The van der Waals surface area contributed by atoms with Gasteiger partial charge in [0, 0.05) is 35.9 Å². The van der Waals surface area contributed by atoms with Crippen molar-refractivity contribution in [3.05, 3.63) is 89.0 Å². The molecule has 38 heavy (non-hydrogen) atoms. The zero-order valence-electron chi connectivity index (χ0n) is 22.3. The zero-order chi connectivity index (χ0) is 25.9. The normalized spacial score (nSPS) is 17.2. The van der Waals surface area contributed by atoms with Crippen molar-refractivity contribution in [2.75, 3.05) is 32.1 Å². The van der Waals surface area contributed by atoms with E-state index in [2.05, 4.69) is 48.2 Å². The lowest BCUT2D eigenvalue weighted by Gasteiger charge is -2.31. The summed E-state index contributed by atoms with van der Waals surface area (Å²) in [6.45, 7) is 3.48. The van der Waals surface area contributed by atoms with Crippen LogP contribution in [0.4, 0.5) is 5.69 Å². The van der Waals surface area contributed by atoms with Crippen molar-refractivity contribution in [1.29, 1.82) is 0 Å². The van der Waals surface area contributed by atoms with Crippen LogP contribution in [0.25, 0.3) is 17.2 Å². The highest BCUT2D eigenvalue weighted by Gasteiger charge is 2.27. The van der Waals surface area contributed by atoms with E-state index in [9.17, 15) is 9.59 Å². The van der Waals surface area contributed by atoms with Crippen molar-refractivity contribution in [2.45, 2.75) is 38.6 Å². The minimum Gasteiger partial charge on any atom is -0.493 e. The molecule has 1 atom stereocenters. The zero-order valence-corrected chi connectivity index (χ0v) is 24.6. The highest BCUT2D eigenvalue weighted by atomic mass is 127. The Hall–Kier alpha value is -2.97. The number of amides is 1. The summed E-state index contributed by atoms with van der Waals surface area (Å²) in [6, 6.07) is 21.9. The van der Waals surface area contributed by atoms with Gasteiger partial charge in [-0.2, -0.15) is 0 Å². The SMILES string of the molecule is Cc1ccc(-c2ccc3c(c2)C=C(C(=O)N(C)c2ccc(C(=O)C4CCCCN4C)cc2)CCO3)cc1.I. The van der Waals surface area contributed by atoms with E-state index in [0.29, 0.717) is 24.2 Å². The third-order valence-electron chi connectivity index (χ3n) is 7.54. The second-order valence-corrected chi connectivity index (χ2v) is 10.2. The number of carbonyl (C=O) groups is 2. The van der Waals surface area contributed by atoms with Crippen LogP contribution in [0.5, 0.6) is 5.75 Å². The first kappa shape index (κ1) is 28.0. The van der Waals surface area contributed by atoms with Gasteiger partial charge in [-0.15, -0.1) is 24.0 Å². The molecule has 2 aliphatic heterocycles. The van der Waals surface area contributed by atoms with E-state index in [-0.39, 0.29) is 41.7 Å². The van der Waals surface area contributed by atoms with Gasteiger partial charge >= 0.3 is 0 Å². The predicted octanol–water partition coefficient (Wildman–Crippen LogP) is 6.78. The van der Waals surface area contributed by atoms with Crippen LogP contribution in [-0.4, -0.2) is 49.9 Å². The number of ketones is 1. The van der Waals surface area contributed by atoms with E-state index in [1.807, 2.05) is 43.5 Å². The van der Waals surface area contributed by atoms with Gasteiger partial charge in [-0.05, 0) is 87.0 Å². The molecule has 0 N–H and O–H groups in total. The van der Waals surface area contributed by atoms with Gasteiger partial charge in [0.2, 0.25) is 0 Å². The molecule has 6 heteroatoms. The number of halogens is 1. The van der Waals surface area contributed by atoms with Crippen molar-refractivity contribution in [1.82, 2.24) is 4.90 Å². The molecule has 198 valence electrons. The first-order valence-electron chi connectivity index (χ1n) is 13.1. The van der Waals surface area contributed by atoms with Gasteiger partial charge in [0.25, 0.3) is 5.91 Å². The molecule has 1 saturated heterocycles. The number of likely N-dealkylation sites (tertiary alicyclic amines) is 1. The average Bonchev–Trinajstić information content (AvgIpc) is 3.15. The van der Waals surface area contributed by atoms with Crippen molar-refractivity contribution in [2.24, 2.45) is 0 Å². The van der Waals surface area contributed by atoms with Gasteiger partial charge in [-0.1, -0.05) is 42.3 Å². The molecular weight excluding hydrogens is 587 g/mol. The molecule has 1 amide bonds. The number of anilines is 1. The first-order chi connectivity index (χ1) is 17.9.